The van der Waals surface area contributed by atoms with Crippen molar-refractivity contribution in [3.63, 3.8) is 0 Å². The number of alkyl halides is 3. The van der Waals surface area contributed by atoms with Crippen LogP contribution in [0, 0.1) is 0 Å². The first kappa shape index (κ1) is 24.6. The van der Waals surface area contributed by atoms with Crippen molar-refractivity contribution in [2.75, 3.05) is 12.4 Å². The second kappa shape index (κ2) is 9.21. The number of hydrogen-bond acceptors (Lipinski definition) is 4. The van der Waals surface area contributed by atoms with Gasteiger partial charge in [0.1, 0.15) is 5.75 Å². The molecule has 168 valence electrons. The van der Waals surface area contributed by atoms with Crippen molar-refractivity contribution in [1.29, 1.82) is 0 Å². The fourth-order valence-electron chi connectivity index (χ4n) is 2.75. The molecular formula is C20H30F3N3O2SSi. The predicted molar refractivity (Wildman–Crippen MR) is 116 cm³/mol. The first-order valence-electron chi connectivity index (χ1n) is 9.72. The molecule has 0 aliphatic carbocycles. The lowest BCUT2D eigenvalue weighted by atomic mass is 9.98. The summed E-state index contributed by atoms with van der Waals surface area (Å²) in [6.45, 7) is 11.1. The summed E-state index contributed by atoms with van der Waals surface area (Å²) in [5.41, 5.74) is 1.52. The van der Waals surface area contributed by atoms with Gasteiger partial charge in [0.25, 0.3) is 0 Å². The SMILES string of the molecule is CC(C)(C)[S@](=O)C[C@@H](c1ccc(OCC(F)(F)F)cc1)c1cn(C[Si](C)(C)C)nn1. The average molecular weight is 462 g/mol. The Morgan fingerprint density at radius 2 is 1.73 bits per heavy atom. The minimum atomic E-state index is -4.39. The Bertz CT molecular complexity index is 856. The molecule has 0 amide bonds. The molecule has 0 unspecified atom stereocenters. The van der Waals surface area contributed by atoms with Crippen LogP contribution in [0.15, 0.2) is 30.5 Å². The monoisotopic (exact) mass is 461 g/mol. The van der Waals surface area contributed by atoms with Crippen LogP contribution >= 0.6 is 0 Å². The fraction of sp³-hybridized carbons (Fsp3) is 0.600. The van der Waals surface area contributed by atoms with Crippen LogP contribution in [0.2, 0.25) is 19.6 Å². The van der Waals surface area contributed by atoms with Gasteiger partial charge in [-0.3, -0.25) is 8.89 Å². The maximum atomic E-state index is 12.9. The van der Waals surface area contributed by atoms with Gasteiger partial charge in [-0.2, -0.15) is 13.2 Å². The third-order valence-corrected chi connectivity index (χ3v) is 7.51. The molecule has 0 radical (unpaired) electrons. The highest BCUT2D eigenvalue weighted by Gasteiger charge is 2.29. The summed E-state index contributed by atoms with van der Waals surface area (Å²) in [6.07, 6.45) is -1.68. The van der Waals surface area contributed by atoms with Crippen molar-refractivity contribution < 1.29 is 22.1 Å². The number of hydrogen-bond donors (Lipinski definition) is 0. The van der Waals surface area contributed by atoms with Crippen LogP contribution in [0.25, 0.3) is 0 Å². The van der Waals surface area contributed by atoms with E-state index in [1.165, 1.54) is 12.1 Å². The topological polar surface area (TPSA) is 57.0 Å². The Labute approximate surface area is 179 Å². The predicted octanol–water partition coefficient (Wildman–Crippen LogP) is 4.78. The standard InChI is InChI=1S/C20H30F3N3O2SSi/c1-19(2,3)29(27)12-17(18-11-26(25-24-18)14-30(4,5)6)15-7-9-16(10-8-15)28-13-20(21,22)23/h7-11,17H,12-14H2,1-6H3/t17-,29+/m0/s1. The zero-order valence-corrected chi connectivity index (χ0v) is 20.1. The summed E-state index contributed by atoms with van der Waals surface area (Å²) < 4.78 is 56.2. The highest BCUT2D eigenvalue weighted by molar-refractivity contribution is 7.86. The maximum absolute atomic E-state index is 12.9. The van der Waals surface area contributed by atoms with Crippen LogP contribution < -0.4 is 4.74 Å². The van der Waals surface area contributed by atoms with Gasteiger partial charge in [-0.25, -0.2) is 0 Å². The van der Waals surface area contributed by atoms with Crippen LogP contribution in [0.1, 0.15) is 37.9 Å². The van der Waals surface area contributed by atoms with Crippen molar-refractivity contribution in [3.8, 4) is 5.75 Å². The molecule has 1 aromatic heterocycles. The van der Waals surface area contributed by atoms with Crippen LogP contribution in [-0.2, 0) is 17.0 Å². The van der Waals surface area contributed by atoms with Crippen molar-refractivity contribution >= 4 is 18.9 Å². The molecule has 2 rings (SSSR count). The van der Waals surface area contributed by atoms with E-state index >= 15 is 0 Å². The second-order valence-electron chi connectivity index (χ2n) is 9.55. The molecule has 30 heavy (non-hydrogen) atoms. The molecule has 0 spiro atoms. The number of rotatable bonds is 8. The maximum Gasteiger partial charge on any atom is 0.422 e. The van der Waals surface area contributed by atoms with E-state index in [9.17, 15) is 17.4 Å². The van der Waals surface area contributed by atoms with Crippen LogP contribution in [0.3, 0.4) is 0 Å². The number of aromatic nitrogens is 3. The number of ether oxygens (including phenoxy) is 1. The minimum absolute atomic E-state index is 0.133. The molecule has 0 aliphatic heterocycles. The molecule has 0 aliphatic rings. The van der Waals surface area contributed by atoms with Crippen LogP contribution in [0.5, 0.6) is 5.75 Å². The Kier molecular flexibility index (Phi) is 7.55. The van der Waals surface area contributed by atoms with E-state index in [0.717, 1.165) is 11.7 Å². The smallest absolute Gasteiger partial charge is 0.422 e. The fourth-order valence-corrected chi connectivity index (χ4v) is 5.04. The lowest BCUT2D eigenvalue weighted by Crippen LogP contribution is -2.28. The highest BCUT2D eigenvalue weighted by Crippen LogP contribution is 2.29. The number of benzene rings is 1. The van der Waals surface area contributed by atoms with Gasteiger partial charge in [0.15, 0.2) is 6.61 Å². The molecule has 2 atom stereocenters. The molecule has 2 aromatic rings. The molecule has 0 fully saturated rings. The molecule has 0 saturated carbocycles. The third kappa shape index (κ3) is 7.86. The van der Waals surface area contributed by atoms with E-state index in [-0.39, 0.29) is 11.7 Å². The second-order valence-corrected chi connectivity index (χ2v) is 17.2. The Hall–Kier alpha value is -1.68. The van der Waals surface area contributed by atoms with E-state index in [4.69, 9.17) is 4.74 Å². The third-order valence-electron chi connectivity index (χ3n) is 4.24. The summed E-state index contributed by atoms with van der Waals surface area (Å²) in [7, 11) is -2.55. The minimum Gasteiger partial charge on any atom is -0.484 e. The average Bonchev–Trinajstić information content (AvgIpc) is 3.03. The molecule has 0 N–H and O–H groups in total. The van der Waals surface area contributed by atoms with Gasteiger partial charge < -0.3 is 4.74 Å². The van der Waals surface area contributed by atoms with E-state index in [1.807, 2.05) is 31.6 Å². The number of nitrogens with zero attached hydrogens (tertiary/aromatic N) is 3. The molecule has 1 aromatic carbocycles. The normalized spacial score (nSPS) is 15.1. The van der Waals surface area contributed by atoms with Crippen molar-refractivity contribution in [2.24, 2.45) is 0 Å². The zero-order chi connectivity index (χ0) is 22.7. The van der Waals surface area contributed by atoms with Gasteiger partial charge in [0.2, 0.25) is 0 Å². The van der Waals surface area contributed by atoms with E-state index < -0.39 is 36.4 Å². The van der Waals surface area contributed by atoms with Gasteiger partial charge in [-0.05, 0) is 38.5 Å². The van der Waals surface area contributed by atoms with E-state index in [2.05, 4.69) is 30.0 Å². The number of halogens is 3. The van der Waals surface area contributed by atoms with E-state index in [0.29, 0.717) is 11.4 Å². The van der Waals surface area contributed by atoms with Gasteiger partial charge in [-0.15, -0.1) is 5.10 Å². The lowest BCUT2D eigenvalue weighted by molar-refractivity contribution is -0.153. The first-order chi connectivity index (χ1) is 13.6. The van der Waals surface area contributed by atoms with Gasteiger partial charge in [-0.1, -0.05) is 37.0 Å². The summed E-state index contributed by atoms with van der Waals surface area (Å²) in [5.74, 6) is 0.198. The van der Waals surface area contributed by atoms with Crippen molar-refractivity contribution in [3.05, 3.63) is 41.7 Å². The van der Waals surface area contributed by atoms with E-state index in [1.54, 1.807) is 12.1 Å². The highest BCUT2D eigenvalue weighted by atomic mass is 32.2. The quantitative estimate of drug-likeness (QED) is 0.531. The van der Waals surface area contributed by atoms with Gasteiger partial charge in [0.05, 0.1) is 13.8 Å². The Balaban J connectivity index is 2.29. The summed E-state index contributed by atoms with van der Waals surface area (Å²) in [6, 6.07) is 6.41. The summed E-state index contributed by atoms with van der Waals surface area (Å²) >= 11 is 0. The largest absolute Gasteiger partial charge is 0.484 e. The molecule has 1 heterocycles. The molecular weight excluding hydrogens is 431 g/mol. The molecule has 0 bridgehead atoms. The van der Waals surface area contributed by atoms with Gasteiger partial charge in [0, 0.05) is 39.6 Å². The Morgan fingerprint density at radius 1 is 1.13 bits per heavy atom. The lowest BCUT2D eigenvalue weighted by Gasteiger charge is -2.22. The Morgan fingerprint density at radius 3 is 2.23 bits per heavy atom. The summed E-state index contributed by atoms with van der Waals surface area (Å²) in [4.78, 5) is 0. The first-order valence-corrected chi connectivity index (χ1v) is 14.7. The summed E-state index contributed by atoms with van der Waals surface area (Å²) in [5, 5.41) is 8.57. The van der Waals surface area contributed by atoms with Crippen molar-refractivity contribution in [2.45, 2.75) is 63.4 Å². The van der Waals surface area contributed by atoms with Crippen LogP contribution in [-0.4, -0.2) is 50.6 Å². The van der Waals surface area contributed by atoms with Crippen molar-refractivity contribution in [1.82, 2.24) is 15.0 Å². The van der Waals surface area contributed by atoms with Crippen LogP contribution in [0.4, 0.5) is 13.2 Å². The molecule has 5 nitrogen and oxygen atoms in total. The zero-order valence-electron chi connectivity index (χ0n) is 18.3. The van der Waals surface area contributed by atoms with Gasteiger partial charge >= 0.3 is 6.18 Å². The molecule has 10 heteroatoms. The molecule has 0 saturated heterocycles.